The van der Waals surface area contributed by atoms with Crippen LogP contribution in [0.2, 0.25) is 0 Å². The number of amides is 2. The van der Waals surface area contributed by atoms with E-state index >= 15 is 0 Å². The average molecular weight is 230 g/mol. The molecule has 0 bridgehead atoms. The van der Waals surface area contributed by atoms with Crippen molar-refractivity contribution in [2.75, 3.05) is 33.4 Å². The fraction of sp³-hybridized carbons (Fsp3) is 0.909. The molecule has 0 spiro atoms. The number of hydrogen-bond donors (Lipinski definition) is 2. The van der Waals surface area contributed by atoms with Crippen molar-refractivity contribution in [1.29, 1.82) is 0 Å². The third-order valence-electron chi connectivity index (χ3n) is 2.92. The highest BCUT2D eigenvalue weighted by Crippen LogP contribution is 2.15. The summed E-state index contributed by atoms with van der Waals surface area (Å²) in [5.74, 6) is 0.711. The maximum absolute atomic E-state index is 11.7. The monoisotopic (exact) mass is 230 g/mol. The Bertz CT molecular complexity index is 215. The Balaban J connectivity index is 2.19. The zero-order valence-corrected chi connectivity index (χ0v) is 10.1. The third kappa shape index (κ3) is 4.37. The number of methoxy groups -OCH3 is 1. The van der Waals surface area contributed by atoms with Gasteiger partial charge in [-0.25, -0.2) is 4.79 Å². The first-order valence-corrected chi connectivity index (χ1v) is 5.83. The summed E-state index contributed by atoms with van der Waals surface area (Å²) < 4.78 is 4.78. The van der Waals surface area contributed by atoms with Crippen LogP contribution in [-0.4, -0.2) is 55.5 Å². The van der Waals surface area contributed by atoms with Gasteiger partial charge in [-0.1, -0.05) is 6.92 Å². The van der Waals surface area contributed by atoms with E-state index in [0.717, 1.165) is 25.9 Å². The molecular formula is C11H22N2O3. The van der Waals surface area contributed by atoms with Crippen molar-refractivity contribution in [2.24, 2.45) is 5.92 Å². The first-order valence-electron chi connectivity index (χ1n) is 5.83. The minimum Gasteiger partial charge on any atom is -0.389 e. The number of carbonyl (C=O) groups is 1. The average Bonchev–Trinajstić information content (AvgIpc) is 2.27. The summed E-state index contributed by atoms with van der Waals surface area (Å²) in [6, 6.07) is -0.0814. The van der Waals surface area contributed by atoms with Crippen molar-refractivity contribution >= 4 is 6.03 Å². The molecule has 1 unspecified atom stereocenters. The molecule has 16 heavy (non-hydrogen) atoms. The molecule has 0 aromatic carbocycles. The molecule has 1 fully saturated rings. The molecule has 1 saturated heterocycles. The van der Waals surface area contributed by atoms with Crippen LogP contribution in [0, 0.1) is 5.92 Å². The van der Waals surface area contributed by atoms with Gasteiger partial charge in [0.25, 0.3) is 0 Å². The van der Waals surface area contributed by atoms with Crippen molar-refractivity contribution in [2.45, 2.75) is 25.9 Å². The zero-order valence-electron chi connectivity index (χ0n) is 10.1. The van der Waals surface area contributed by atoms with Crippen LogP contribution in [-0.2, 0) is 4.74 Å². The van der Waals surface area contributed by atoms with Gasteiger partial charge in [0.15, 0.2) is 0 Å². The van der Waals surface area contributed by atoms with Crippen molar-refractivity contribution < 1.29 is 14.6 Å². The maximum atomic E-state index is 11.7. The van der Waals surface area contributed by atoms with Crippen molar-refractivity contribution in [3.63, 3.8) is 0 Å². The molecule has 1 heterocycles. The molecule has 0 aliphatic carbocycles. The van der Waals surface area contributed by atoms with Crippen LogP contribution in [0.3, 0.4) is 0 Å². The van der Waals surface area contributed by atoms with E-state index in [-0.39, 0.29) is 19.2 Å². The summed E-state index contributed by atoms with van der Waals surface area (Å²) in [4.78, 5) is 13.5. The molecule has 1 atom stereocenters. The number of piperidine rings is 1. The molecule has 1 rings (SSSR count). The Labute approximate surface area is 96.8 Å². The predicted octanol–water partition coefficient (Wildman–Crippen LogP) is 0.435. The third-order valence-corrected chi connectivity index (χ3v) is 2.92. The lowest BCUT2D eigenvalue weighted by molar-refractivity contribution is 0.0644. The lowest BCUT2D eigenvalue weighted by Crippen LogP contribution is -2.46. The van der Waals surface area contributed by atoms with Gasteiger partial charge < -0.3 is 20.1 Å². The molecule has 1 aliphatic rings. The first-order chi connectivity index (χ1) is 7.63. The number of hydrogen-bond acceptors (Lipinski definition) is 3. The predicted molar refractivity (Wildman–Crippen MR) is 61.3 cm³/mol. The van der Waals surface area contributed by atoms with Gasteiger partial charge in [0, 0.05) is 26.7 Å². The highest BCUT2D eigenvalue weighted by molar-refractivity contribution is 5.74. The molecular weight excluding hydrogens is 208 g/mol. The number of urea groups is 1. The van der Waals surface area contributed by atoms with E-state index in [0.29, 0.717) is 5.92 Å². The van der Waals surface area contributed by atoms with Crippen molar-refractivity contribution in [3.8, 4) is 0 Å². The van der Waals surface area contributed by atoms with E-state index in [1.54, 1.807) is 4.90 Å². The molecule has 0 aromatic heterocycles. The SMILES string of the molecule is COCC(O)CNC(=O)N1CCC(C)CC1. The summed E-state index contributed by atoms with van der Waals surface area (Å²) in [6.45, 7) is 4.33. The Hall–Kier alpha value is -0.810. The van der Waals surface area contributed by atoms with Crippen molar-refractivity contribution in [1.82, 2.24) is 10.2 Å². The highest BCUT2D eigenvalue weighted by atomic mass is 16.5. The van der Waals surface area contributed by atoms with Crippen LogP contribution >= 0.6 is 0 Å². The Morgan fingerprint density at radius 1 is 1.56 bits per heavy atom. The van der Waals surface area contributed by atoms with Gasteiger partial charge in [0.1, 0.15) is 0 Å². The van der Waals surface area contributed by atoms with E-state index < -0.39 is 6.10 Å². The highest BCUT2D eigenvalue weighted by Gasteiger charge is 2.20. The Morgan fingerprint density at radius 2 is 2.19 bits per heavy atom. The van der Waals surface area contributed by atoms with Crippen LogP contribution in [0.5, 0.6) is 0 Å². The molecule has 2 N–H and O–H groups in total. The zero-order chi connectivity index (χ0) is 12.0. The van der Waals surface area contributed by atoms with Crippen LogP contribution in [0.1, 0.15) is 19.8 Å². The van der Waals surface area contributed by atoms with Gasteiger partial charge in [0.05, 0.1) is 12.7 Å². The van der Waals surface area contributed by atoms with Gasteiger partial charge in [-0.2, -0.15) is 0 Å². The number of nitrogens with zero attached hydrogens (tertiary/aromatic N) is 1. The summed E-state index contributed by atoms with van der Waals surface area (Å²) in [5.41, 5.74) is 0. The molecule has 1 aliphatic heterocycles. The number of nitrogens with one attached hydrogen (secondary N) is 1. The maximum Gasteiger partial charge on any atom is 0.317 e. The van der Waals surface area contributed by atoms with E-state index in [1.165, 1.54) is 7.11 Å². The summed E-state index contributed by atoms with van der Waals surface area (Å²) >= 11 is 0. The standard InChI is InChI=1S/C11H22N2O3/c1-9-3-5-13(6-4-9)11(15)12-7-10(14)8-16-2/h9-10,14H,3-8H2,1-2H3,(H,12,15). The first kappa shape index (κ1) is 13.3. The molecule has 2 amide bonds. The number of likely N-dealkylation sites (tertiary alicyclic amines) is 1. The molecule has 0 radical (unpaired) electrons. The van der Waals surface area contributed by atoms with E-state index in [1.807, 2.05) is 0 Å². The Morgan fingerprint density at radius 3 is 2.75 bits per heavy atom. The minimum atomic E-state index is -0.627. The second-order valence-corrected chi connectivity index (χ2v) is 4.46. The molecule has 5 heteroatoms. The fourth-order valence-corrected chi connectivity index (χ4v) is 1.78. The largest absolute Gasteiger partial charge is 0.389 e. The second kappa shape index (κ2) is 6.70. The van der Waals surface area contributed by atoms with Gasteiger partial charge >= 0.3 is 6.03 Å². The van der Waals surface area contributed by atoms with Crippen LogP contribution in [0.4, 0.5) is 4.79 Å². The van der Waals surface area contributed by atoms with Gasteiger partial charge in [0.2, 0.25) is 0 Å². The van der Waals surface area contributed by atoms with Gasteiger partial charge in [-0.15, -0.1) is 0 Å². The molecule has 0 aromatic rings. The molecule has 94 valence electrons. The quantitative estimate of drug-likeness (QED) is 0.736. The fourth-order valence-electron chi connectivity index (χ4n) is 1.78. The number of aliphatic hydroxyl groups is 1. The van der Waals surface area contributed by atoms with Gasteiger partial charge in [-0.05, 0) is 18.8 Å². The summed E-state index contributed by atoms with van der Waals surface area (Å²) in [7, 11) is 1.52. The number of rotatable bonds is 4. The summed E-state index contributed by atoms with van der Waals surface area (Å²) in [6.07, 6.45) is 1.50. The minimum absolute atomic E-state index is 0.0814. The van der Waals surface area contributed by atoms with E-state index in [2.05, 4.69) is 12.2 Å². The molecule has 0 saturated carbocycles. The van der Waals surface area contributed by atoms with Crippen LogP contribution in [0.25, 0.3) is 0 Å². The number of ether oxygens (including phenoxy) is 1. The number of carbonyl (C=O) groups excluding carboxylic acids is 1. The Kier molecular flexibility index (Phi) is 5.55. The van der Waals surface area contributed by atoms with E-state index in [9.17, 15) is 9.90 Å². The summed E-state index contributed by atoms with van der Waals surface area (Å²) in [5, 5.41) is 12.1. The van der Waals surface area contributed by atoms with Crippen LogP contribution < -0.4 is 5.32 Å². The topological polar surface area (TPSA) is 61.8 Å². The molecule has 5 nitrogen and oxygen atoms in total. The van der Waals surface area contributed by atoms with E-state index in [4.69, 9.17) is 4.74 Å². The second-order valence-electron chi connectivity index (χ2n) is 4.46. The van der Waals surface area contributed by atoms with Crippen molar-refractivity contribution in [3.05, 3.63) is 0 Å². The number of aliphatic hydroxyl groups excluding tert-OH is 1. The van der Waals surface area contributed by atoms with Gasteiger partial charge in [-0.3, -0.25) is 0 Å². The normalized spacial score (nSPS) is 19.6. The lowest BCUT2D eigenvalue weighted by atomic mass is 10.00. The smallest absolute Gasteiger partial charge is 0.317 e. The van der Waals surface area contributed by atoms with Crippen LogP contribution in [0.15, 0.2) is 0 Å². The lowest BCUT2D eigenvalue weighted by Gasteiger charge is -2.30.